The predicted molar refractivity (Wildman–Crippen MR) is 81.8 cm³/mol. The summed E-state index contributed by atoms with van der Waals surface area (Å²) in [5, 5.41) is 1.32. The van der Waals surface area contributed by atoms with Crippen molar-refractivity contribution in [2.45, 2.75) is 76.4 Å². The first-order chi connectivity index (χ1) is 9.37. The lowest BCUT2D eigenvalue weighted by Gasteiger charge is -2.32. The minimum absolute atomic E-state index is 0.276. The second-order valence-corrected chi connectivity index (χ2v) is 8.50. The van der Waals surface area contributed by atoms with Crippen LogP contribution in [0.2, 0.25) is 0 Å². The smallest absolute Gasteiger partial charge is 0.398 e. The summed E-state index contributed by atoms with van der Waals surface area (Å²) in [6.07, 6.45) is 5.22. The van der Waals surface area contributed by atoms with Crippen LogP contribution < -0.4 is 5.59 Å². The molecule has 1 saturated heterocycles. The minimum Gasteiger partial charge on any atom is -0.398 e. The third-order valence-electron chi connectivity index (χ3n) is 5.05. The SMILES string of the molecule is CC1(C)OB(c2nc(C3CC3)sc2C2CC2)OC1(C)C. The van der Waals surface area contributed by atoms with Crippen molar-refractivity contribution in [3.05, 3.63) is 9.88 Å². The van der Waals surface area contributed by atoms with Crippen molar-refractivity contribution in [1.29, 1.82) is 0 Å². The van der Waals surface area contributed by atoms with E-state index in [2.05, 4.69) is 27.7 Å². The fourth-order valence-electron chi connectivity index (χ4n) is 2.63. The number of rotatable bonds is 3. The lowest BCUT2D eigenvalue weighted by molar-refractivity contribution is 0.00578. The van der Waals surface area contributed by atoms with Crippen LogP contribution in [0.4, 0.5) is 0 Å². The Hall–Kier alpha value is -0.385. The number of hydrogen-bond donors (Lipinski definition) is 0. The quantitative estimate of drug-likeness (QED) is 0.801. The van der Waals surface area contributed by atoms with Crippen molar-refractivity contribution < 1.29 is 9.31 Å². The fourth-order valence-corrected chi connectivity index (χ4v) is 4.05. The third kappa shape index (κ3) is 2.06. The molecule has 1 aliphatic heterocycles. The number of nitrogens with zero attached hydrogens (tertiary/aromatic N) is 1. The zero-order chi connectivity index (χ0) is 14.1. The van der Waals surface area contributed by atoms with Gasteiger partial charge in [0.2, 0.25) is 0 Å². The number of hydrogen-bond acceptors (Lipinski definition) is 4. The van der Waals surface area contributed by atoms with Gasteiger partial charge in [-0.05, 0) is 59.3 Å². The molecule has 0 bridgehead atoms. The molecule has 1 aromatic heterocycles. The van der Waals surface area contributed by atoms with E-state index in [0.29, 0.717) is 11.8 Å². The highest BCUT2D eigenvalue weighted by Crippen LogP contribution is 2.48. The van der Waals surface area contributed by atoms with E-state index in [9.17, 15) is 0 Å². The summed E-state index contributed by atoms with van der Waals surface area (Å²) in [4.78, 5) is 6.35. The van der Waals surface area contributed by atoms with Crippen molar-refractivity contribution in [3.8, 4) is 0 Å². The first kappa shape index (κ1) is 13.3. The fraction of sp³-hybridized carbons (Fsp3) is 0.800. The van der Waals surface area contributed by atoms with Crippen molar-refractivity contribution in [2.24, 2.45) is 0 Å². The van der Waals surface area contributed by atoms with Crippen LogP contribution in [0, 0.1) is 0 Å². The van der Waals surface area contributed by atoms with Crippen molar-refractivity contribution in [3.63, 3.8) is 0 Å². The Kier molecular flexibility index (Phi) is 2.71. The van der Waals surface area contributed by atoms with Gasteiger partial charge >= 0.3 is 7.12 Å². The van der Waals surface area contributed by atoms with Gasteiger partial charge in [-0.25, -0.2) is 4.98 Å². The molecule has 5 heteroatoms. The molecule has 2 heterocycles. The summed E-state index contributed by atoms with van der Waals surface area (Å²) < 4.78 is 12.4. The van der Waals surface area contributed by atoms with Gasteiger partial charge < -0.3 is 9.31 Å². The van der Waals surface area contributed by atoms with E-state index in [1.165, 1.54) is 35.6 Å². The van der Waals surface area contributed by atoms with Gasteiger partial charge in [-0.1, -0.05) is 0 Å². The van der Waals surface area contributed by atoms with Crippen LogP contribution in [0.15, 0.2) is 0 Å². The Morgan fingerprint density at radius 2 is 1.55 bits per heavy atom. The molecule has 0 aromatic carbocycles. The molecule has 0 amide bonds. The highest BCUT2D eigenvalue weighted by atomic mass is 32.1. The predicted octanol–water partition coefficient (Wildman–Crippen LogP) is 3.20. The molecular weight excluding hydrogens is 269 g/mol. The van der Waals surface area contributed by atoms with Gasteiger partial charge in [0.15, 0.2) is 0 Å². The van der Waals surface area contributed by atoms with Gasteiger partial charge in [-0.2, -0.15) is 0 Å². The molecule has 2 saturated carbocycles. The molecule has 0 N–H and O–H groups in total. The number of aromatic nitrogens is 1. The van der Waals surface area contributed by atoms with Crippen molar-refractivity contribution in [1.82, 2.24) is 4.98 Å². The zero-order valence-electron chi connectivity index (χ0n) is 12.7. The molecule has 108 valence electrons. The second kappa shape index (κ2) is 4.08. The molecule has 0 unspecified atom stereocenters. The Bertz CT molecular complexity index is 530. The molecule has 0 spiro atoms. The monoisotopic (exact) mass is 291 g/mol. The van der Waals surface area contributed by atoms with Crippen LogP contribution in [0.25, 0.3) is 0 Å². The van der Waals surface area contributed by atoms with Crippen LogP contribution >= 0.6 is 11.3 Å². The first-order valence-electron chi connectivity index (χ1n) is 7.73. The highest BCUT2D eigenvalue weighted by molar-refractivity contribution is 7.13. The van der Waals surface area contributed by atoms with Gasteiger partial charge in [-0.15, -0.1) is 11.3 Å². The van der Waals surface area contributed by atoms with E-state index in [4.69, 9.17) is 14.3 Å². The molecule has 3 nitrogen and oxygen atoms in total. The van der Waals surface area contributed by atoms with Gasteiger partial charge in [0.05, 0.1) is 21.8 Å². The Morgan fingerprint density at radius 3 is 2.05 bits per heavy atom. The number of thiazole rings is 1. The Balaban J connectivity index is 1.68. The van der Waals surface area contributed by atoms with E-state index in [1.807, 2.05) is 11.3 Å². The van der Waals surface area contributed by atoms with Crippen molar-refractivity contribution >= 4 is 24.0 Å². The van der Waals surface area contributed by atoms with E-state index in [-0.39, 0.29) is 18.3 Å². The standard InChI is InChI=1S/C15H22BNO2S/c1-14(2)15(3,4)19-16(18-14)12-11(9-5-6-9)20-13(17-12)10-7-8-10/h9-10H,5-8H2,1-4H3. The third-order valence-corrected chi connectivity index (χ3v) is 6.45. The minimum atomic E-state index is -0.278. The Labute approximate surface area is 125 Å². The summed E-state index contributed by atoms with van der Waals surface area (Å²) in [6.45, 7) is 8.44. The summed E-state index contributed by atoms with van der Waals surface area (Å²) in [7, 11) is -0.278. The van der Waals surface area contributed by atoms with Crippen LogP contribution in [0.5, 0.6) is 0 Å². The average Bonchev–Trinajstić information content (AvgIpc) is 3.25. The lowest BCUT2D eigenvalue weighted by atomic mass is 9.83. The van der Waals surface area contributed by atoms with E-state index < -0.39 is 0 Å². The van der Waals surface area contributed by atoms with Gasteiger partial charge in [-0.3, -0.25) is 0 Å². The molecule has 20 heavy (non-hydrogen) atoms. The summed E-state index contributed by atoms with van der Waals surface area (Å²) in [5.41, 5.74) is 0.530. The largest absolute Gasteiger partial charge is 0.515 e. The van der Waals surface area contributed by atoms with Crippen molar-refractivity contribution in [2.75, 3.05) is 0 Å². The summed E-state index contributed by atoms with van der Waals surface area (Å²) in [5.74, 6) is 1.43. The lowest BCUT2D eigenvalue weighted by Crippen LogP contribution is -2.41. The molecule has 4 rings (SSSR count). The summed E-state index contributed by atoms with van der Waals surface area (Å²) in [6, 6.07) is 0. The van der Waals surface area contributed by atoms with Gasteiger partial charge in [0.1, 0.15) is 0 Å². The molecule has 0 atom stereocenters. The van der Waals surface area contributed by atoms with Gasteiger partial charge in [0, 0.05) is 10.8 Å². The normalized spacial score (nSPS) is 28.1. The van der Waals surface area contributed by atoms with E-state index >= 15 is 0 Å². The van der Waals surface area contributed by atoms with Crippen LogP contribution in [0.1, 0.15) is 75.1 Å². The van der Waals surface area contributed by atoms with Crippen LogP contribution in [-0.4, -0.2) is 23.3 Å². The van der Waals surface area contributed by atoms with Gasteiger partial charge in [0.25, 0.3) is 0 Å². The molecule has 3 aliphatic rings. The van der Waals surface area contributed by atoms with E-state index in [0.717, 1.165) is 5.59 Å². The van der Waals surface area contributed by atoms with Crippen LogP contribution in [-0.2, 0) is 9.31 Å². The maximum atomic E-state index is 6.20. The Morgan fingerprint density at radius 1 is 1.00 bits per heavy atom. The highest BCUT2D eigenvalue weighted by Gasteiger charge is 2.54. The zero-order valence-corrected chi connectivity index (χ0v) is 13.5. The maximum Gasteiger partial charge on any atom is 0.515 e. The van der Waals surface area contributed by atoms with E-state index in [1.54, 1.807) is 0 Å². The topological polar surface area (TPSA) is 31.4 Å². The molecule has 2 aliphatic carbocycles. The molecular formula is C15H22BNO2S. The van der Waals surface area contributed by atoms with Crippen LogP contribution in [0.3, 0.4) is 0 Å². The second-order valence-electron chi connectivity index (χ2n) is 7.44. The average molecular weight is 291 g/mol. The maximum absolute atomic E-state index is 6.20. The summed E-state index contributed by atoms with van der Waals surface area (Å²) >= 11 is 1.92. The molecule has 3 fully saturated rings. The first-order valence-corrected chi connectivity index (χ1v) is 8.55. The molecule has 0 radical (unpaired) electrons. The molecule has 1 aromatic rings.